The van der Waals surface area contributed by atoms with Crippen molar-refractivity contribution < 1.29 is 0 Å². The average Bonchev–Trinajstić information content (AvgIpc) is 3.07. The van der Waals surface area contributed by atoms with Crippen LogP contribution in [0.2, 0.25) is 5.15 Å². The normalized spacial score (nSPS) is 11.1. The van der Waals surface area contributed by atoms with Gasteiger partial charge in [-0.2, -0.15) is 8.75 Å². The molecular weight excluding hydrogens is 372 g/mol. The number of halogens is 1. The Kier molecular flexibility index (Phi) is 9.66. The molecule has 0 fully saturated rings. The molecule has 2 heterocycles. The smallest absolute Gasteiger partial charge is 0.244 e. The molecule has 25 heavy (non-hydrogen) atoms. The van der Waals surface area contributed by atoms with Crippen molar-refractivity contribution in [3.05, 3.63) is 32.4 Å². The SMILES string of the molecule is CCCCCCCCCCCCc1csc(-c2nsnc(Cl)c2=O)c1. The molecule has 0 N–H and O–H groups in total. The van der Waals surface area contributed by atoms with Crippen molar-refractivity contribution in [3.63, 3.8) is 0 Å². The number of rotatable bonds is 12. The van der Waals surface area contributed by atoms with E-state index >= 15 is 0 Å². The Morgan fingerprint density at radius 1 is 0.960 bits per heavy atom. The number of nitrogens with zero attached hydrogens (tertiary/aromatic N) is 2. The van der Waals surface area contributed by atoms with Crippen LogP contribution in [0.4, 0.5) is 0 Å². The topological polar surface area (TPSA) is 42.9 Å². The van der Waals surface area contributed by atoms with E-state index in [4.69, 9.17) is 11.6 Å². The van der Waals surface area contributed by atoms with Gasteiger partial charge in [-0.25, -0.2) is 0 Å². The van der Waals surface area contributed by atoms with Gasteiger partial charge in [0.15, 0.2) is 5.15 Å². The van der Waals surface area contributed by atoms with Gasteiger partial charge in [-0.3, -0.25) is 4.79 Å². The van der Waals surface area contributed by atoms with E-state index in [2.05, 4.69) is 27.1 Å². The highest BCUT2D eigenvalue weighted by molar-refractivity contribution is 7.13. The molecule has 2 aromatic heterocycles. The molecule has 3 nitrogen and oxygen atoms in total. The van der Waals surface area contributed by atoms with Crippen LogP contribution in [-0.2, 0) is 6.42 Å². The summed E-state index contributed by atoms with van der Waals surface area (Å²) in [5.74, 6) is 0. The second-order valence-corrected chi connectivity index (χ2v) is 8.28. The van der Waals surface area contributed by atoms with E-state index in [0.717, 1.165) is 23.0 Å². The van der Waals surface area contributed by atoms with Crippen LogP contribution in [0.25, 0.3) is 10.6 Å². The summed E-state index contributed by atoms with van der Waals surface area (Å²) in [5, 5.41) is 2.14. The summed E-state index contributed by atoms with van der Waals surface area (Å²) < 4.78 is 7.89. The fourth-order valence-corrected chi connectivity index (χ4v) is 4.51. The number of unbranched alkanes of at least 4 members (excludes halogenated alkanes) is 9. The summed E-state index contributed by atoms with van der Waals surface area (Å²) in [7, 11) is 0. The van der Waals surface area contributed by atoms with E-state index in [0.29, 0.717) is 5.69 Å². The summed E-state index contributed by atoms with van der Waals surface area (Å²) in [6.07, 6.45) is 14.6. The Hall–Kier alpha value is -0.780. The van der Waals surface area contributed by atoms with Crippen LogP contribution in [0, 0.1) is 0 Å². The molecule has 0 bridgehead atoms. The Labute approximate surface area is 163 Å². The van der Waals surface area contributed by atoms with Crippen LogP contribution in [-0.4, -0.2) is 8.75 Å². The Balaban J connectivity index is 1.64. The van der Waals surface area contributed by atoms with Crippen molar-refractivity contribution in [2.75, 3.05) is 0 Å². The third-order valence-corrected chi connectivity index (χ3v) is 6.23. The maximum Gasteiger partial charge on any atom is 0.244 e. The summed E-state index contributed by atoms with van der Waals surface area (Å²) in [4.78, 5) is 12.9. The van der Waals surface area contributed by atoms with E-state index in [1.54, 1.807) is 11.3 Å². The summed E-state index contributed by atoms with van der Waals surface area (Å²) in [6, 6.07) is 2.07. The number of hydrogen-bond acceptors (Lipinski definition) is 5. The molecule has 0 saturated heterocycles. The predicted molar refractivity (Wildman–Crippen MR) is 110 cm³/mol. The van der Waals surface area contributed by atoms with E-state index in [1.807, 2.05) is 0 Å². The lowest BCUT2D eigenvalue weighted by Crippen LogP contribution is -2.06. The maximum atomic E-state index is 12.0. The van der Waals surface area contributed by atoms with Gasteiger partial charge in [0.1, 0.15) is 5.69 Å². The standard InChI is InChI=1S/C19H27ClN2OS2/c1-2-3-4-5-6-7-8-9-10-11-12-15-13-16(24-14-15)17-18(23)19(20)22-25-21-17/h13-14H,2-12H2,1H3. The van der Waals surface area contributed by atoms with Crippen molar-refractivity contribution in [1.29, 1.82) is 0 Å². The number of aryl methyl sites for hydroxylation is 1. The first kappa shape index (κ1) is 20.5. The van der Waals surface area contributed by atoms with Gasteiger partial charge in [0.05, 0.1) is 16.6 Å². The van der Waals surface area contributed by atoms with E-state index in [-0.39, 0.29) is 10.6 Å². The second kappa shape index (κ2) is 11.8. The highest BCUT2D eigenvalue weighted by Gasteiger charge is 2.11. The Morgan fingerprint density at radius 2 is 1.60 bits per heavy atom. The zero-order valence-electron chi connectivity index (χ0n) is 14.9. The molecule has 0 spiro atoms. The number of hydrogen-bond donors (Lipinski definition) is 0. The average molecular weight is 399 g/mol. The minimum Gasteiger partial charge on any atom is -0.284 e. The zero-order chi connectivity index (χ0) is 17.9. The van der Waals surface area contributed by atoms with Gasteiger partial charge in [0.25, 0.3) is 0 Å². The van der Waals surface area contributed by atoms with Crippen molar-refractivity contribution in [1.82, 2.24) is 8.75 Å². The molecule has 0 saturated carbocycles. The highest BCUT2D eigenvalue weighted by atomic mass is 35.5. The summed E-state index contributed by atoms with van der Waals surface area (Å²) in [6.45, 7) is 2.26. The molecule has 0 aliphatic heterocycles. The molecule has 0 radical (unpaired) electrons. The minimum atomic E-state index is -0.271. The van der Waals surface area contributed by atoms with E-state index in [9.17, 15) is 4.79 Å². The van der Waals surface area contributed by atoms with Crippen LogP contribution in [0.3, 0.4) is 0 Å². The van der Waals surface area contributed by atoms with Gasteiger partial charge in [-0.1, -0.05) is 76.3 Å². The molecular formula is C19H27ClN2OS2. The third-order valence-electron chi connectivity index (χ3n) is 4.36. The van der Waals surface area contributed by atoms with Crippen LogP contribution in [0.5, 0.6) is 0 Å². The van der Waals surface area contributed by atoms with E-state index in [1.165, 1.54) is 69.8 Å². The molecule has 138 valence electrons. The van der Waals surface area contributed by atoms with Crippen molar-refractivity contribution in [2.24, 2.45) is 0 Å². The molecule has 0 unspecified atom stereocenters. The minimum absolute atomic E-state index is 0.0136. The maximum absolute atomic E-state index is 12.0. The van der Waals surface area contributed by atoms with Crippen LogP contribution in [0.15, 0.2) is 16.2 Å². The molecule has 0 aliphatic carbocycles. The Bertz CT molecular complexity index is 684. The van der Waals surface area contributed by atoms with Crippen molar-refractivity contribution >= 4 is 34.7 Å². The summed E-state index contributed by atoms with van der Waals surface area (Å²) in [5.41, 5.74) is 1.45. The highest BCUT2D eigenvalue weighted by Crippen LogP contribution is 2.25. The number of aromatic nitrogens is 2. The van der Waals surface area contributed by atoms with Gasteiger partial charge in [0, 0.05) is 0 Å². The van der Waals surface area contributed by atoms with E-state index < -0.39 is 0 Å². The quantitative estimate of drug-likeness (QED) is 0.371. The fourth-order valence-electron chi connectivity index (χ4n) is 2.88. The zero-order valence-corrected chi connectivity index (χ0v) is 17.3. The monoisotopic (exact) mass is 398 g/mol. The summed E-state index contributed by atoms with van der Waals surface area (Å²) >= 11 is 8.35. The first-order chi connectivity index (χ1) is 12.2. The molecule has 0 amide bonds. The third kappa shape index (κ3) is 7.16. The molecule has 0 aliphatic rings. The van der Waals surface area contributed by atoms with Gasteiger partial charge >= 0.3 is 0 Å². The number of thiophene rings is 1. The van der Waals surface area contributed by atoms with Crippen molar-refractivity contribution in [3.8, 4) is 10.6 Å². The molecule has 0 aromatic carbocycles. The predicted octanol–water partition coefficient (Wildman–Crippen LogP) is 6.74. The lowest BCUT2D eigenvalue weighted by molar-refractivity contribution is 0.556. The van der Waals surface area contributed by atoms with Gasteiger partial charge in [-0.05, 0) is 29.9 Å². The fraction of sp³-hybridized carbons (Fsp3) is 0.632. The largest absolute Gasteiger partial charge is 0.284 e. The first-order valence-electron chi connectivity index (χ1n) is 9.32. The van der Waals surface area contributed by atoms with Crippen LogP contribution in [0.1, 0.15) is 76.7 Å². The molecule has 2 aromatic rings. The van der Waals surface area contributed by atoms with Gasteiger partial charge in [0.2, 0.25) is 5.43 Å². The Morgan fingerprint density at radius 3 is 2.28 bits per heavy atom. The lowest BCUT2D eigenvalue weighted by Gasteiger charge is -2.02. The van der Waals surface area contributed by atoms with Crippen molar-refractivity contribution in [2.45, 2.75) is 77.6 Å². The molecule has 6 heteroatoms. The molecule has 2 rings (SSSR count). The van der Waals surface area contributed by atoms with Crippen LogP contribution >= 0.6 is 34.7 Å². The second-order valence-electron chi connectivity index (χ2n) is 6.48. The lowest BCUT2D eigenvalue weighted by atomic mass is 10.0. The first-order valence-corrected chi connectivity index (χ1v) is 11.3. The van der Waals surface area contributed by atoms with Gasteiger partial charge in [-0.15, -0.1) is 11.3 Å². The van der Waals surface area contributed by atoms with Crippen LogP contribution < -0.4 is 5.43 Å². The molecule has 0 atom stereocenters. The van der Waals surface area contributed by atoms with Gasteiger partial charge < -0.3 is 0 Å².